The molecule has 28 heavy (non-hydrogen) atoms. The third-order valence-electron chi connectivity index (χ3n) is 4.52. The average Bonchev–Trinajstić information content (AvgIpc) is 2.68. The third-order valence-corrected chi connectivity index (χ3v) is 4.72. The van der Waals surface area contributed by atoms with Gasteiger partial charge in [0.2, 0.25) is 0 Å². The topological polar surface area (TPSA) is 100 Å². The lowest BCUT2D eigenvalue weighted by atomic mass is 10.1. The van der Waals surface area contributed by atoms with Crippen LogP contribution in [0.3, 0.4) is 0 Å². The van der Waals surface area contributed by atoms with Crippen molar-refractivity contribution >= 4 is 40.4 Å². The molecule has 1 aromatic carbocycles. The number of nitrogens with one attached hydrogen (secondary N) is 2. The minimum absolute atomic E-state index is 0.0749. The zero-order valence-corrected chi connectivity index (χ0v) is 16.3. The number of pyridine rings is 1. The lowest BCUT2D eigenvalue weighted by Gasteiger charge is -2.28. The van der Waals surface area contributed by atoms with Gasteiger partial charge in [0.25, 0.3) is 11.6 Å². The number of carbonyl (C=O) groups is 1. The van der Waals surface area contributed by atoms with Crippen molar-refractivity contribution in [3.63, 3.8) is 0 Å². The number of aromatic nitrogens is 1. The van der Waals surface area contributed by atoms with Crippen molar-refractivity contribution in [3.8, 4) is 0 Å². The maximum absolute atomic E-state index is 12.5. The Morgan fingerprint density at radius 2 is 1.96 bits per heavy atom. The first-order chi connectivity index (χ1) is 13.4. The van der Waals surface area contributed by atoms with E-state index in [9.17, 15) is 14.9 Å². The van der Waals surface area contributed by atoms with Crippen LogP contribution in [-0.4, -0.2) is 34.0 Å². The number of benzene rings is 1. The Morgan fingerprint density at radius 1 is 1.21 bits per heavy atom. The lowest BCUT2D eigenvalue weighted by Crippen LogP contribution is -2.34. The fraction of sp³-hybridized carbons (Fsp3) is 0.316. The Balaban J connectivity index is 1.73. The van der Waals surface area contributed by atoms with Gasteiger partial charge in [0.15, 0.2) is 5.11 Å². The first-order valence-corrected chi connectivity index (χ1v) is 9.43. The highest BCUT2D eigenvalue weighted by atomic mass is 32.1. The first kappa shape index (κ1) is 19.7. The second-order valence-electron chi connectivity index (χ2n) is 6.63. The monoisotopic (exact) mass is 399 g/mol. The number of nitrogens with zero attached hydrogens (tertiary/aromatic N) is 3. The molecule has 1 aliphatic rings. The number of rotatable bonds is 4. The SMILES string of the molecule is Cc1ccnc(NC(=S)NC(=O)c2ccc(N3CCCCC3)c([N+](=O)[O-])c2)c1. The quantitative estimate of drug-likeness (QED) is 0.461. The second-order valence-corrected chi connectivity index (χ2v) is 7.04. The number of amides is 1. The van der Waals surface area contributed by atoms with Gasteiger partial charge in [0.1, 0.15) is 11.5 Å². The molecule has 1 aromatic heterocycles. The molecule has 3 rings (SSSR count). The fourth-order valence-corrected chi connectivity index (χ4v) is 3.34. The summed E-state index contributed by atoms with van der Waals surface area (Å²) < 4.78 is 0. The molecule has 0 unspecified atom stereocenters. The minimum atomic E-state index is -0.515. The third kappa shape index (κ3) is 4.80. The number of carbonyl (C=O) groups excluding carboxylic acids is 1. The van der Waals surface area contributed by atoms with Crippen molar-refractivity contribution in [3.05, 3.63) is 57.8 Å². The van der Waals surface area contributed by atoms with E-state index in [2.05, 4.69) is 15.6 Å². The van der Waals surface area contributed by atoms with Crippen molar-refractivity contribution < 1.29 is 9.72 Å². The Bertz CT molecular complexity index is 912. The Morgan fingerprint density at radius 3 is 2.64 bits per heavy atom. The molecule has 0 spiro atoms. The zero-order chi connectivity index (χ0) is 20.1. The van der Waals surface area contributed by atoms with E-state index in [1.807, 2.05) is 17.9 Å². The minimum Gasteiger partial charge on any atom is -0.366 e. The number of nitro benzene ring substituents is 1. The highest BCUT2D eigenvalue weighted by molar-refractivity contribution is 7.80. The van der Waals surface area contributed by atoms with Gasteiger partial charge in [-0.2, -0.15) is 0 Å². The molecule has 0 aliphatic carbocycles. The van der Waals surface area contributed by atoms with E-state index in [4.69, 9.17) is 12.2 Å². The molecule has 1 aliphatic heterocycles. The predicted molar refractivity (Wildman–Crippen MR) is 112 cm³/mol. The molecule has 2 N–H and O–H groups in total. The van der Waals surface area contributed by atoms with Crippen molar-refractivity contribution in [1.82, 2.24) is 10.3 Å². The van der Waals surface area contributed by atoms with Crippen LogP contribution in [-0.2, 0) is 0 Å². The normalized spacial score (nSPS) is 13.7. The summed E-state index contributed by atoms with van der Waals surface area (Å²) in [7, 11) is 0. The lowest BCUT2D eigenvalue weighted by molar-refractivity contribution is -0.384. The summed E-state index contributed by atoms with van der Waals surface area (Å²) >= 11 is 5.14. The van der Waals surface area contributed by atoms with E-state index in [0.717, 1.165) is 37.9 Å². The number of aryl methyl sites for hydroxylation is 1. The van der Waals surface area contributed by atoms with E-state index in [1.54, 1.807) is 24.4 Å². The van der Waals surface area contributed by atoms with Gasteiger partial charge >= 0.3 is 0 Å². The van der Waals surface area contributed by atoms with Gasteiger partial charge in [-0.1, -0.05) is 0 Å². The van der Waals surface area contributed by atoms with Crippen molar-refractivity contribution in [1.29, 1.82) is 0 Å². The second kappa shape index (κ2) is 8.75. The number of hydrogen-bond donors (Lipinski definition) is 2. The van der Waals surface area contributed by atoms with Gasteiger partial charge in [-0.25, -0.2) is 4.98 Å². The van der Waals surface area contributed by atoms with Crippen LogP contribution in [0.25, 0.3) is 0 Å². The molecule has 8 nitrogen and oxygen atoms in total. The van der Waals surface area contributed by atoms with Gasteiger partial charge in [0, 0.05) is 30.9 Å². The Kier molecular flexibility index (Phi) is 6.15. The van der Waals surface area contributed by atoms with Gasteiger partial charge in [-0.05, 0) is 68.2 Å². The molecule has 1 amide bonds. The molecule has 0 atom stereocenters. The van der Waals surface area contributed by atoms with Crippen LogP contribution in [0.5, 0.6) is 0 Å². The van der Waals surface area contributed by atoms with Crippen molar-refractivity contribution in [2.45, 2.75) is 26.2 Å². The zero-order valence-electron chi connectivity index (χ0n) is 15.5. The summed E-state index contributed by atoms with van der Waals surface area (Å²) in [5.74, 6) is -0.00447. The molecule has 1 fully saturated rings. The number of thiocarbonyl (C=S) groups is 1. The van der Waals surface area contributed by atoms with Crippen molar-refractivity contribution in [2.24, 2.45) is 0 Å². The van der Waals surface area contributed by atoms with Crippen molar-refractivity contribution in [2.75, 3.05) is 23.3 Å². The molecule has 0 saturated carbocycles. The van der Waals surface area contributed by atoms with E-state index in [0.29, 0.717) is 11.5 Å². The summed E-state index contributed by atoms with van der Waals surface area (Å²) in [6, 6.07) is 8.15. The molecule has 0 bridgehead atoms. The predicted octanol–water partition coefficient (Wildman–Crippen LogP) is 3.42. The number of anilines is 2. The van der Waals surface area contributed by atoms with Crippen LogP contribution >= 0.6 is 12.2 Å². The van der Waals surface area contributed by atoms with Gasteiger partial charge < -0.3 is 10.2 Å². The molecule has 2 heterocycles. The van der Waals surface area contributed by atoms with Crippen LogP contribution in [0.1, 0.15) is 35.2 Å². The summed E-state index contributed by atoms with van der Waals surface area (Å²) in [5, 5.41) is 17.0. The van der Waals surface area contributed by atoms with Gasteiger partial charge in [-0.3, -0.25) is 20.2 Å². The van der Waals surface area contributed by atoms with E-state index >= 15 is 0 Å². The van der Waals surface area contributed by atoms with Crippen LogP contribution < -0.4 is 15.5 Å². The average molecular weight is 399 g/mol. The highest BCUT2D eigenvalue weighted by Crippen LogP contribution is 2.31. The Hall–Kier alpha value is -3.07. The summed E-state index contributed by atoms with van der Waals surface area (Å²) in [6.45, 7) is 3.48. The molecule has 9 heteroatoms. The number of hydrogen-bond acceptors (Lipinski definition) is 6. The van der Waals surface area contributed by atoms with E-state index in [-0.39, 0.29) is 16.4 Å². The molecule has 146 valence electrons. The van der Waals surface area contributed by atoms with Crippen LogP contribution in [0.2, 0.25) is 0 Å². The summed E-state index contributed by atoms with van der Waals surface area (Å²) in [5.41, 5.74) is 1.64. The van der Waals surface area contributed by atoms with Gasteiger partial charge in [-0.15, -0.1) is 0 Å². The molecule has 2 aromatic rings. The summed E-state index contributed by atoms with van der Waals surface area (Å²) in [4.78, 5) is 29.7. The van der Waals surface area contributed by atoms with Crippen LogP contribution in [0.4, 0.5) is 17.2 Å². The molecule has 1 saturated heterocycles. The molecular formula is C19H21N5O3S. The number of piperidine rings is 1. The van der Waals surface area contributed by atoms with E-state index < -0.39 is 10.8 Å². The van der Waals surface area contributed by atoms with Crippen LogP contribution in [0.15, 0.2) is 36.5 Å². The molecule has 0 radical (unpaired) electrons. The first-order valence-electron chi connectivity index (χ1n) is 9.02. The largest absolute Gasteiger partial charge is 0.366 e. The van der Waals surface area contributed by atoms with Gasteiger partial charge in [0.05, 0.1) is 4.92 Å². The Labute approximate surface area is 168 Å². The molecular weight excluding hydrogens is 378 g/mol. The smallest absolute Gasteiger partial charge is 0.293 e. The fourth-order valence-electron chi connectivity index (χ4n) is 3.14. The number of nitro groups is 1. The maximum Gasteiger partial charge on any atom is 0.293 e. The van der Waals surface area contributed by atoms with E-state index in [1.165, 1.54) is 6.07 Å². The van der Waals surface area contributed by atoms with Crippen LogP contribution in [0, 0.1) is 17.0 Å². The maximum atomic E-state index is 12.5. The highest BCUT2D eigenvalue weighted by Gasteiger charge is 2.23. The standard InChI is InChI=1S/C19H21N5O3S/c1-13-7-8-20-17(11-13)21-19(28)22-18(25)14-5-6-15(16(12-14)24(26)27)23-9-3-2-4-10-23/h5-8,11-12H,2-4,9-10H2,1H3,(H2,20,21,22,25,28). The summed E-state index contributed by atoms with van der Waals surface area (Å²) in [6.07, 6.45) is 4.77.